The first-order chi connectivity index (χ1) is 5.82. The molecule has 0 aromatic heterocycles. The first-order valence-electron chi connectivity index (χ1n) is 3.04. The molecule has 0 aliphatic rings. The lowest BCUT2D eigenvalue weighted by molar-refractivity contribution is -0.138. The summed E-state index contributed by atoms with van der Waals surface area (Å²) in [6, 6.07) is 1.55. The van der Waals surface area contributed by atoms with Crippen LogP contribution in [0.15, 0.2) is 12.1 Å². The fraction of sp³-hybridized carbons (Fsp3) is 0.143. The number of hydrogen-bond donors (Lipinski definition) is 0. The zero-order valence-corrected chi connectivity index (χ0v) is 8.84. The summed E-state index contributed by atoms with van der Waals surface area (Å²) in [5, 5.41) is -0.259. The van der Waals surface area contributed by atoms with Gasteiger partial charge in [-0.15, -0.1) is 0 Å². The minimum absolute atomic E-state index is 0.259. The van der Waals surface area contributed by atoms with Gasteiger partial charge in [-0.3, -0.25) is 0 Å². The minimum atomic E-state index is -4.57. The minimum Gasteiger partial charge on any atom is -0.206 e. The average Bonchev–Trinajstić information content (AvgIpc) is 1.94. The van der Waals surface area contributed by atoms with E-state index in [4.69, 9.17) is 11.6 Å². The molecule has 1 aromatic carbocycles. The van der Waals surface area contributed by atoms with E-state index in [-0.39, 0.29) is 5.02 Å². The molecule has 0 nitrogen and oxygen atoms in total. The van der Waals surface area contributed by atoms with Gasteiger partial charge in [0.15, 0.2) is 0 Å². The number of benzene rings is 1. The van der Waals surface area contributed by atoms with Crippen LogP contribution in [0.2, 0.25) is 5.02 Å². The van der Waals surface area contributed by atoms with E-state index in [0.717, 1.165) is 6.07 Å². The lowest BCUT2D eigenvalue weighted by Crippen LogP contribution is -2.08. The predicted molar refractivity (Wildman–Crippen MR) is 49.1 cm³/mol. The van der Waals surface area contributed by atoms with E-state index in [1.54, 1.807) is 0 Å². The van der Waals surface area contributed by atoms with Crippen molar-refractivity contribution in [3.63, 3.8) is 0 Å². The largest absolute Gasteiger partial charge is 0.417 e. The number of halogens is 6. The molecule has 0 heterocycles. The molecule has 0 N–H and O–H groups in total. The Hall–Kier alpha value is -0.0400. The van der Waals surface area contributed by atoms with Crippen LogP contribution in [0.5, 0.6) is 0 Å². The predicted octanol–water partition coefficient (Wildman–Crippen LogP) is 4.10. The molecule has 1 aromatic rings. The topological polar surface area (TPSA) is 0 Å². The van der Waals surface area contributed by atoms with Crippen molar-refractivity contribution in [3.05, 3.63) is 32.1 Å². The van der Waals surface area contributed by atoms with Crippen LogP contribution >= 0.6 is 34.2 Å². The van der Waals surface area contributed by atoms with Crippen LogP contribution < -0.4 is 0 Å². The SMILES string of the molecule is Fc1cc(Cl)cc(C(F)(F)F)c1I. The van der Waals surface area contributed by atoms with Gasteiger partial charge >= 0.3 is 6.18 Å². The van der Waals surface area contributed by atoms with E-state index < -0.39 is 21.1 Å². The van der Waals surface area contributed by atoms with Gasteiger partial charge in [0.05, 0.1) is 9.13 Å². The summed E-state index contributed by atoms with van der Waals surface area (Å²) in [5.41, 5.74) is -1.04. The summed E-state index contributed by atoms with van der Waals surface area (Å²) in [7, 11) is 0. The lowest BCUT2D eigenvalue weighted by atomic mass is 10.2. The molecule has 6 heteroatoms. The normalized spacial score (nSPS) is 11.8. The number of rotatable bonds is 0. The lowest BCUT2D eigenvalue weighted by Gasteiger charge is -2.09. The fourth-order valence-electron chi connectivity index (χ4n) is 0.762. The monoisotopic (exact) mass is 324 g/mol. The first-order valence-corrected chi connectivity index (χ1v) is 4.50. The molecule has 0 spiro atoms. The summed E-state index contributed by atoms with van der Waals surface area (Å²) < 4.78 is 48.9. The number of alkyl halides is 3. The van der Waals surface area contributed by atoms with Gasteiger partial charge in [-0.2, -0.15) is 13.2 Å². The van der Waals surface area contributed by atoms with E-state index >= 15 is 0 Å². The molecule has 0 fully saturated rings. The van der Waals surface area contributed by atoms with Crippen LogP contribution in [0.25, 0.3) is 0 Å². The second kappa shape index (κ2) is 3.61. The first kappa shape index (κ1) is 11.0. The Balaban J connectivity index is 3.37. The van der Waals surface area contributed by atoms with Gasteiger partial charge in [0.1, 0.15) is 5.82 Å². The molecule has 1 rings (SSSR count). The second-order valence-corrected chi connectivity index (χ2v) is 3.76. The highest BCUT2D eigenvalue weighted by Gasteiger charge is 2.34. The van der Waals surface area contributed by atoms with E-state index in [1.807, 2.05) is 0 Å². The Morgan fingerprint density at radius 1 is 1.23 bits per heavy atom. The van der Waals surface area contributed by atoms with Crippen LogP contribution in [-0.2, 0) is 6.18 Å². The molecule has 0 atom stereocenters. The van der Waals surface area contributed by atoms with Gasteiger partial charge in [0.2, 0.25) is 0 Å². The van der Waals surface area contributed by atoms with Gasteiger partial charge in [-0.25, -0.2) is 4.39 Å². The average molecular weight is 324 g/mol. The van der Waals surface area contributed by atoms with E-state index in [2.05, 4.69) is 0 Å². The summed E-state index contributed by atoms with van der Waals surface area (Å²) in [5.74, 6) is -0.958. The Bertz CT molecular complexity index is 334. The van der Waals surface area contributed by atoms with Crippen molar-refractivity contribution in [1.82, 2.24) is 0 Å². The van der Waals surface area contributed by atoms with E-state index in [9.17, 15) is 17.6 Å². The molecular formula is C7H2ClF4I. The van der Waals surface area contributed by atoms with Crippen molar-refractivity contribution in [2.45, 2.75) is 6.18 Å². The molecule has 0 amide bonds. The maximum Gasteiger partial charge on any atom is 0.417 e. The third-order valence-electron chi connectivity index (χ3n) is 1.30. The third kappa shape index (κ3) is 2.46. The van der Waals surface area contributed by atoms with Crippen LogP contribution in [0.3, 0.4) is 0 Å². The van der Waals surface area contributed by atoms with Gasteiger partial charge in [-0.1, -0.05) is 11.6 Å². The molecule has 0 saturated heterocycles. The van der Waals surface area contributed by atoms with Crippen molar-refractivity contribution in [2.75, 3.05) is 0 Å². The van der Waals surface area contributed by atoms with Crippen LogP contribution in [0.1, 0.15) is 5.56 Å². The van der Waals surface area contributed by atoms with Crippen molar-refractivity contribution in [2.24, 2.45) is 0 Å². The van der Waals surface area contributed by atoms with Crippen LogP contribution in [-0.4, -0.2) is 0 Å². The van der Waals surface area contributed by atoms with Crippen molar-refractivity contribution in [3.8, 4) is 0 Å². The van der Waals surface area contributed by atoms with E-state index in [1.165, 1.54) is 22.6 Å². The maximum absolute atomic E-state index is 12.8. The quantitative estimate of drug-likeness (QED) is 0.383. The van der Waals surface area contributed by atoms with Gasteiger partial charge < -0.3 is 0 Å². The maximum atomic E-state index is 12.8. The summed E-state index contributed by atoms with van der Waals surface area (Å²) in [4.78, 5) is 0. The summed E-state index contributed by atoms with van der Waals surface area (Å²) in [6.45, 7) is 0. The third-order valence-corrected chi connectivity index (χ3v) is 2.61. The van der Waals surface area contributed by atoms with Crippen molar-refractivity contribution < 1.29 is 17.6 Å². The smallest absolute Gasteiger partial charge is 0.206 e. The number of hydrogen-bond acceptors (Lipinski definition) is 0. The highest BCUT2D eigenvalue weighted by Crippen LogP contribution is 2.35. The van der Waals surface area contributed by atoms with Crippen molar-refractivity contribution in [1.29, 1.82) is 0 Å². The molecule has 13 heavy (non-hydrogen) atoms. The standard InChI is InChI=1S/C7H2ClF4I/c8-3-1-4(7(10,11)12)6(13)5(9)2-3/h1-2H. The fourth-order valence-corrected chi connectivity index (χ4v) is 1.58. The molecular weight excluding hydrogens is 322 g/mol. The Morgan fingerprint density at radius 2 is 1.77 bits per heavy atom. The Morgan fingerprint density at radius 3 is 2.23 bits per heavy atom. The zero-order chi connectivity index (χ0) is 10.2. The Labute approximate surface area is 90.0 Å². The Kier molecular flexibility index (Phi) is 3.06. The molecule has 0 aliphatic heterocycles. The summed E-state index contributed by atoms with van der Waals surface area (Å²) >= 11 is 6.58. The van der Waals surface area contributed by atoms with Gasteiger partial charge in [-0.05, 0) is 34.7 Å². The highest BCUT2D eigenvalue weighted by atomic mass is 127. The molecule has 0 unspecified atom stereocenters. The highest BCUT2D eigenvalue weighted by molar-refractivity contribution is 14.1. The zero-order valence-electron chi connectivity index (χ0n) is 5.92. The van der Waals surface area contributed by atoms with Crippen molar-refractivity contribution >= 4 is 34.2 Å². The van der Waals surface area contributed by atoms with Gasteiger partial charge in [0.25, 0.3) is 0 Å². The molecule has 0 radical (unpaired) electrons. The molecule has 0 bridgehead atoms. The molecule has 0 saturated carbocycles. The molecule has 72 valence electrons. The summed E-state index contributed by atoms with van der Waals surface area (Å²) in [6.07, 6.45) is -4.57. The van der Waals surface area contributed by atoms with Crippen LogP contribution in [0, 0.1) is 9.39 Å². The molecule has 0 aliphatic carbocycles. The van der Waals surface area contributed by atoms with Gasteiger partial charge in [0, 0.05) is 5.02 Å². The van der Waals surface area contributed by atoms with Crippen LogP contribution in [0.4, 0.5) is 17.6 Å². The second-order valence-electron chi connectivity index (χ2n) is 2.25. The van der Waals surface area contributed by atoms with E-state index in [0.29, 0.717) is 6.07 Å².